The van der Waals surface area contributed by atoms with E-state index < -0.39 is 60.4 Å². The van der Waals surface area contributed by atoms with E-state index >= 15 is 0 Å². The van der Waals surface area contributed by atoms with Crippen molar-refractivity contribution >= 4 is 35.7 Å². The monoisotopic (exact) mass is 637 g/mol. The van der Waals surface area contributed by atoms with Crippen LogP contribution in [0.4, 0.5) is 4.79 Å². The molecule has 0 saturated heterocycles. The number of carboxylic acid groups (broad SMARTS) is 1. The van der Waals surface area contributed by atoms with Crippen LogP contribution in [0.3, 0.4) is 0 Å². The average molecular weight is 638 g/mol. The summed E-state index contributed by atoms with van der Waals surface area (Å²) in [7, 11) is 0. The number of ether oxygens (including phenoxy) is 1. The van der Waals surface area contributed by atoms with Crippen LogP contribution in [0, 0.1) is 11.8 Å². The molecule has 248 valence electrons. The SMILES string of the molecule is CC(C)C[C@H](NC(=O)[C@@H](CCC(N)=O)NC(=O)CNC(=O)[C@@H](NC(=O)OCC1c2ccccc2-c2ccccc21)C(C)C)C(=O)O. The Balaban J connectivity index is 1.56. The van der Waals surface area contributed by atoms with Crippen LogP contribution >= 0.6 is 0 Å². The van der Waals surface area contributed by atoms with Crippen molar-refractivity contribution in [3.05, 3.63) is 59.7 Å². The van der Waals surface area contributed by atoms with Crippen LogP contribution in [0.5, 0.6) is 0 Å². The zero-order valence-electron chi connectivity index (χ0n) is 26.5. The standard InChI is InChI=1S/C33H43N5O8/c1-18(2)15-26(32(43)44)37-30(41)25(13-14-27(34)39)36-28(40)16-35-31(42)29(19(3)4)38-33(45)46-17-24-22-11-7-5-9-20(22)21-10-6-8-12-23(21)24/h5-12,18-19,24-26,29H,13-17H2,1-4H3,(H2,34,39)(H,35,42)(H,36,40)(H,37,41)(H,38,45)(H,43,44)/t25-,26+,29+/m1/s1. The van der Waals surface area contributed by atoms with Crippen LogP contribution in [0.2, 0.25) is 0 Å². The summed E-state index contributed by atoms with van der Waals surface area (Å²) >= 11 is 0. The van der Waals surface area contributed by atoms with Crippen molar-refractivity contribution < 1.29 is 38.6 Å². The number of carbonyl (C=O) groups excluding carboxylic acids is 5. The second-order valence-electron chi connectivity index (χ2n) is 12.1. The fourth-order valence-electron chi connectivity index (χ4n) is 5.35. The predicted molar refractivity (Wildman–Crippen MR) is 169 cm³/mol. The first-order chi connectivity index (χ1) is 21.8. The molecule has 13 nitrogen and oxygen atoms in total. The summed E-state index contributed by atoms with van der Waals surface area (Å²) in [6, 6.07) is 12.3. The van der Waals surface area contributed by atoms with Crippen molar-refractivity contribution in [2.45, 2.75) is 71.0 Å². The Kier molecular flexibility index (Phi) is 12.7. The lowest BCUT2D eigenvalue weighted by Gasteiger charge is -2.23. The molecule has 46 heavy (non-hydrogen) atoms. The Hall–Kier alpha value is -4.94. The Labute approximate surface area is 268 Å². The molecule has 3 rings (SSSR count). The fraction of sp³-hybridized carbons (Fsp3) is 0.455. The van der Waals surface area contributed by atoms with Crippen LogP contribution in [-0.2, 0) is 28.7 Å². The van der Waals surface area contributed by atoms with Gasteiger partial charge in [0, 0.05) is 12.3 Å². The zero-order valence-corrected chi connectivity index (χ0v) is 26.5. The molecule has 2 aromatic carbocycles. The van der Waals surface area contributed by atoms with Gasteiger partial charge in [0.1, 0.15) is 24.7 Å². The first-order valence-corrected chi connectivity index (χ1v) is 15.3. The first kappa shape index (κ1) is 35.5. The predicted octanol–water partition coefficient (Wildman–Crippen LogP) is 2.03. The summed E-state index contributed by atoms with van der Waals surface area (Å²) in [5, 5.41) is 19.3. The van der Waals surface area contributed by atoms with E-state index in [4.69, 9.17) is 10.5 Å². The second-order valence-corrected chi connectivity index (χ2v) is 12.1. The number of hydrogen-bond acceptors (Lipinski definition) is 7. The molecular weight excluding hydrogens is 594 g/mol. The molecule has 3 atom stereocenters. The maximum atomic E-state index is 13.0. The van der Waals surface area contributed by atoms with E-state index in [0.29, 0.717) is 0 Å². The minimum atomic E-state index is -1.27. The highest BCUT2D eigenvalue weighted by molar-refractivity contribution is 5.93. The number of fused-ring (bicyclic) bond motifs is 3. The summed E-state index contributed by atoms with van der Waals surface area (Å²) in [5.41, 5.74) is 9.45. The summed E-state index contributed by atoms with van der Waals surface area (Å²) in [6.07, 6.45) is -1.06. The number of primary amides is 1. The Morgan fingerprint density at radius 1 is 0.826 bits per heavy atom. The molecule has 1 aliphatic rings. The normalized spacial score (nSPS) is 14.0. The molecule has 0 aromatic heterocycles. The molecule has 2 aromatic rings. The Morgan fingerprint density at radius 3 is 1.93 bits per heavy atom. The van der Waals surface area contributed by atoms with Crippen LogP contribution in [0.25, 0.3) is 11.1 Å². The van der Waals surface area contributed by atoms with Gasteiger partial charge < -0.3 is 36.8 Å². The molecule has 0 saturated carbocycles. The van der Waals surface area contributed by atoms with E-state index in [1.165, 1.54) is 0 Å². The van der Waals surface area contributed by atoms with Crippen LogP contribution in [0.1, 0.15) is 64.0 Å². The van der Waals surface area contributed by atoms with Crippen molar-refractivity contribution in [3.63, 3.8) is 0 Å². The smallest absolute Gasteiger partial charge is 0.407 e. The molecule has 0 radical (unpaired) electrons. The van der Waals surface area contributed by atoms with Gasteiger partial charge in [-0.15, -0.1) is 0 Å². The number of carboxylic acids is 1. The summed E-state index contributed by atoms with van der Waals surface area (Å²) in [4.78, 5) is 74.3. The lowest BCUT2D eigenvalue weighted by atomic mass is 9.98. The van der Waals surface area contributed by atoms with E-state index in [9.17, 15) is 33.9 Å². The molecule has 1 aliphatic carbocycles. The Bertz CT molecular complexity index is 1400. The van der Waals surface area contributed by atoms with E-state index in [-0.39, 0.29) is 43.6 Å². The summed E-state index contributed by atoms with van der Waals surface area (Å²) < 4.78 is 5.56. The third kappa shape index (κ3) is 9.78. The highest BCUT2D eigenvalue weighted by atomic mass is 16.5. The number of nitrogens with one attached hydrogen (secondary N) is 4. The third-order valence-corrected chi connectivity index (χ3v) is 7.64. The summed E-state index contributed by atoms with van der Waals surface area (Å²) in [5.74, 6) is -4.74. The van der Waals surface area contributed by atoms with Crippen molar-refractivity contribution in [1.29, 1.82) is 0 Å². The molecule has 13 heteroatoms. The second kappa shape index (κ2) is 16.4. The quantitative estimate of drug-likeness (QED) is 0.160. The number of carbonyl (C=O) groups is 6. The van der Waals surface area contributed by atoms with Crippen molar-refractivity contribution in [3.8, 4) is 11.1 Å². The van der Waals surface area contributed by atoms with E-state index in [1.807, 2.05) is 48.5 Å². The number of hydrogen-bond donors (Lipinski definition) is 6. The summed E-state index contributed by atoms with van der Waals surface area (Å²) in [6.45, 7) is 6.53. The van der Waals surface area contributed by atoms with Crippen molar-refractivity contribution in [2.75, 3.05) is 13.2 Å². The molecule has 0 fully saturated rings. The van der Waals surface area contributed by atoms with Gasteiger partial charge in [0.2, 0.25) is 23.6 Å². The number of benzene rings is 2. The number of rotatable bonds is 16. The van der Waals surface area contributed by atoms with Gasteiger partial charge in [0.15, 0.2) is 0 Å². The molecule has 0 aliphatic heterocycles. The highest BCUT2D eigenvalue weighted by Gasteiger charge is 2.31. The van der Waals surface area contributed by atoms with Crippen LogP contribution < -0.4 is 27.0 Å². The van der Waals surface area contributed by atoms with Gasteiger partial charge in [-0.1, -0.05) is 76.2 Å². The van der Waals surface area contributed by atoms with Crippen LogP contribution in [0.15, 0.2) is 48.5 Å². The lowest BCUT2D eigenvalue weighted by Crippen LogP contribution is -2.55. The largest absolute Gasteiger partial charge is 0.480 e. The van der Waals surface area contributed by atoms with E-state index in [2.05, 4.69) is 21.3 Å². The van der Waals surface area contributed by atoms with Gasteiger partial charge in [-0.25, -0.2) is 9.59 Å². The van der Waals surface area contributed by atoms with E-state index in [0.717, 1.165) is 22.3 Å². The van der Waals surface area contributed by atoms with Gasteiger partial charge in [-0.2, -0.15) is 0 Å². The number of nitrogens with two attached hydrogens (primary N) is 1. The minimum Gasteiger partial charge on any atom is -0.480 e. The number of alkyl carbamates (subject to hydrolysis) is 1. The molecular formula is C33H43N5O8. The van der Waals surface area contributed by atoms with Gasteiger partial charge >= 0.3 is 12.1 Å². The maximum absolute atomic E-state index is 13.0. The van der Waals surface area contributed by atoms with Crippen molar-refractivity contribution in [2.24, 2.45) is 17.6 Å². The van der Waals surface area contributed by atoms with E-state index in [1.54, 1.807) is 27.7 Å². The Morgan fingerprint density at radius 2 is 1.41 bits per heavy atom. The van der Waals surface area contributed by atoms with Crippen LogP contribution in [-0.4, -0.2) is 72.1 Å². The van der Waals surface area contributed by atoms with Gasteiger partial charge in [-0.05, 0) is 46.9 Å². The highest BCUT2D eigenvalue weighted by Crippen LogP contribution is 2.44. The molecule has 7 N–H and O–H groups in total. The molecule has 0 unspecified atom stereocenters. The maximum Gasteiger partial charge on any atom is 0.407 e. The topological polar surface area (TPSA) is 206 Å². The lowest BCUT2D eigenvalue weighted by molar-refractivity contribution is -0.142. The van der Waals surface area contributed by atoms with Gasteiger partial charge in [0.05, 0.1) is 6.54 Å². The zero-order chi connectivity index (χ0) is 34.0. The number of aliphatic carboxylic acids is 1. The average Bonchev–Trinajstić information content (AvgIpc) is 3.32. The third-order valence-electron chi connectivity index (χ3n) is 7.64. The van der Waals surface area contributed by atoms with Gasteiger partial charge in [0.25, 0.3) is 0 Å². The molecule has 5 amide bonds. The number of amides is 5. The van der Waals surface area contributed by atoms with Crippen molar-refractivity contribution in [1.82, 2.24) is 21.3 Å². The molecule has 0 heterocycles. The molecule has 0 bridgehead atoms. The minimum absolute atomic E-state index is 0.0359. The first-order valence-electron chi connectivity index (χ1n) is 15.3. The van der Waals surface area contributed by atoms with Gasteiger partial charge in [-0.3, -0.25) is 19.2 Å². The molecule has 0 spiro atoms. The fourth-order valence-corrected chi connectivity index (χ4v) is 5.35.